The third kappa shape index (κ3) is 2.74. The fourth-order valence-corrected chi connectivity index (χ4v) is 1.91. The molecule has 0 atom stereocenters. The van der Waals surface area contributed by atoms with Crippen LogP contribution in [0.2, 0.25) is 5.02 Å². The standard InChI is InChI=1S/C14H11ClFNO/c1-9-12(3-2-6-17-9)14(18)8-10-7-11(16)4-5-13(10)15/h2-7H,8H2,1H3. The SMILES string of the molecule is Cc1ncccc1C(=O)Cc1cc(F)ccc1Cl. The maximum absolute atomic E-state index is 13.1. The Morgan fingerprint density at radius 1 is 1.39 bits per heavy atom. The van der Waals surface area contributed by atoms with Gasteiger partial charge in [0.2, 0.25) is 0 Å². The minimum atomic E-state index is -0.398. The van der Waals surface area contributed by atoms with E-state index in [0.29, 0.717) is 21.8 Å². The average molecular weight is 264 g/mol. The van der Waals surface area contributed by atoms with Crippen molar-refractivity contribution in [1.29, 1.82) is 0 Å². The van der Waals surface area contributed by atoms with Crippen LogP contribution in [0, 0.1) is 12.7 Å². The molecule has 0 saturated carbocycles. The quantitative estimate of drug-likeness (QED) is 0.792. The summed E-state index contributed by atoms with van der Waals surface area (Å²) in [6.45, 7) is 1.76. The number of Topliss-reactive ketones (excluding diaryl/α,β-unsaturated/α-hetero) is 1. The van der Waals surface area contributed by atoms with Crippen molar-refractivity contribution < 1.29 is 9.18 Å². The van der Waals surface area contributed by atoms with E-state index >= 15 is 0 Å². The first kappa shape index (κ1) is 12.7. The summed E-state index contributed by atoms with van der Waals surface area (Å²) in [5.74, 6) is -0.516. The molecule has 0 amide bonds. The van der Waals surface area contributed by atoms with Gasteiger partial charge in [-0.15, -0.1) is 0 Å². The predicted octanol–water partition coefficient (Wildman–Crippen LogP) is 3.61. The lowest BCUT2D eigenvalue weighted by molar-refractivity contribution is 0.0992. The topological polar surface area (TPSA) is 30.0 Å². The minimum absolute atomic E-state index is 0.0725. The zero-order valence-electron chi connectivity index (χ0n) is 9.78. The molecule has 0 aliphatic heterocycles. The Kier molecular flexibility index (Phi) is 3.72. The summed E-state index contributed by atoms with van der Waals surface area (Å²) in [5, 5.41) is 0.395. The molecule has 0 N–H and O–H groups in total. The highest BCUT2D eigenvalue weighted by atomic mass is 35.5. The average Bonchev–Trinajstić information content (AvgIpc) is 2.34. The van der Waals surface area contributed by atoms with Crippen LogP contribution in [-0.2, 0) is 6.42 Å². The Morgan fingerprint density at radius 2 is 2.17 bits per heavy atom. The van der Waals surface area contributed by atoms with E-state index < -0.39 is 5.82 Å². The number of carbonyl (C=O) groups excluding carboxylic acids is 1. The van der Waals surface area contributed by atoms with Crippen molar-refractivity contribution in [1.82, 2.24) is 4.98 Å². The van der Waals surface area contributed by atoms with Crippen molar-refractivity contribution >= 4 is 17.4 Å². The van der Waals surface area contributed by atoms with E-state index in [1.54, 1.807) is 25.3 Å². The number of hydrogen-bond acceptors (Lipinski definition) is 2. The maximum Gasteiger partial charge on any atom is 0.169 e. The highest BCUT2D eigenvalue weighted by molar-refractivity contribution is 6.31. The van der Waals surface area contributed by atoms with Gasteiger partial charge in [-0.2, -0.15) is 0 Å². The maximum atomic E-state index is 13.1. The van der Waals surface area contributed by atoms with E-state index in [2.05, 4.69) is 4.98 Å². The molecule has 18 heavy (non-hydrogen) atoms. The normalized spacial score (nSPS) is 10.4. The van der Waals surface area contributed by atoms with Gasteiger partial charge in [0, 0.05) is 28.9 Å². The highest BCUT2D eigenvalue weighted by Gasteiger charge is 2.12. The van der Waals surface area contributed by atoms with Crippen LogP contribution in [0.25, 0.3) is 0 Å². The number of nitrogens with zero attached hydrogens (tertiary/aromatic N) is 1. The second kappa shape index (κ2) is 5.27. The summed E-state index contributed by atoms with van der Waals surface area (Å²) in [6, 6.07) is 7.42. The molecule has 0 unspecified atom stereocenters. The van der Waals surface area contributed by atoms with Gasteiger partial charge in [0.05, 0.1) is 0 Å². The van der Waals surface area contributed by atoms with Crippen LogP contribution in [0.15, 0.2) is 36.5 Å². The van der Waals surface area contributed by atoms with Crippen LogP contribution < -0.4 is 0 Å². The lowest BCUT2D eigenvalue weighted by Crippen LogP contribution is -2.07. The molecule has 0 aliphatic rings. The number of rotatable bonds is 3. The lowest BCUT2D eigenvalue weighted by Gasteiger charge is -2.06. The van der Waals surface area contributed by atoms with E-state index in [9.17, 15) is 9.18 Å². The van der Waals surface area contributed by atoms with Crippen molar-refractivity contribution in [3.63, 3.8) is 0 Å². The van der Waals surface area contributed by atoms with E-state index in [1.165, 1.54) is 18.2 Å². The van der Waals surface area contributed by atoms with Gasteiger partial charge in [-0.05, 0) is 42.8 Å². The first-order valence-corrected chi connectivity index (χ1v) is 5.84. The van der Waals surface area contributed by atoms with Crippen LogP contribution in [0.3, 0.4) is 0 Å². The van der Waals surface area contributed by atoms with Gasteiger partial charge < -0.3 is 0 Å². The summed E-state index contributed by atoms with van der Waals surface area (Å²) in [4.78, 5) is 16.1. The Bertz CT molecular complexity index is 598. The molecule has 0 fully saturated rings. The molecule has 2 rings (SSSR count). The molecular formula is C14H11ClFNO. The smallest absolute Gasteiger partial charge is 0.169 e. The second-order valence-corrected chi connectivity index (χ2v) is 4.38. The number of benzene rings is 1. The number of pyridine rings is 1. The predicted molar refractivity (Wildman–Crippen MR) is 68.4 cm³/mol. The van der Waals surface area contributed by atoms with E-state index in [0.717, 1.165) is 0 Å². The van der Waals surface area contributed by atoms with E-state index in [-0.39, 0.29) is 12.2 Å². The van der Waals surface area contributed by atoms with Crippen molar-refractivity contribution in [3.05, 3.63) is 64.2 Å². The molecule has 0 aliphatic carbocycles. The second-order valence-electron chi connectivity index (χ2n) is 3.97. The molecule has 0 spiro atoms. The zero-order valence-corrected chi connectivity index (χ0v) is 10.5. The van der Waals surface area contributed by atoms with Gasteiger partial charge in [0.15, 0.2) is 5.78 Å². The number of carbonyl (C=O) groups is 1. The van der Waals surface area contributed by atoms with Crippen LogP contribution in [-0.4, -0.2) is 10.8 Å². The monoisotopic (exact) mass is 263 g/mol. The first-order chi connectivity index (χ1) is 8.58. The molecule has 2 nitrogen and oxygen atoms in total. The molecule has 92 valence electrons. The van der Waals surface area contributed by atoms with E-state index in [1.807, 2.05) is 0 Å². The summed E-state index contributed by atoms with van der Waals surface area (Å²) in [7, 11) is 0. The summed E-state index contributed by atoms with van der Waals surface area (Å²) < 4.78 is 13.1. The van der Waals surface area contributed by atoms with Gasteiger partial charge in [-0.1, -0.05) is 11.6 Å². The summed E-state index contributed by atoms with van der Waals surface area (Å²) >= 11 is 5.93. The van der Waals surface area contributed by atoms with Crippen LogP contribution >= 0.6 is 11.6 Å². The lowest BCUT2D eigenvalue weighted by atomic mass is 10.0. The fourth-order valence-electron chi connectivity index (χ4n) is 1.73. The number of hydrogen-bond donors (Lipinski definition) is 0. The van der Waals surface area contributed by atoms with Crippen LogP contribution in [0.1, 0.15) is 21.6 Å². The third-order valence-corrected chi connectivity index (χ3v) is 3.03. The van der Waals surface area contributed by atoms with Crippen molar-refractivity contribution in [2.75, 3.05) is 0 Å². The Morgan fingerprint density at radius 3 is 2.89 bits per heavy atom. The molecule has 1 heterocycles. The molecule has 0 radical (unpaired) electrons. The Balaban J connectivity index is 2.27. The van der Waals surface area contributed by atoms with Gasteiger partial charge in [0.1, 0.15) is 5.82 Å². The fraction of sp³-hybridized carbons (Fsp3) is 0.143. The van der Waals surface area contributed by atoms with Crippen LogP contribution in [0.4, 0.5) is 4.39 Å². The van der Waals surface area contributed by atoms with Gasteiger partial charge in [-0.25, -0.2) is 4.39 Å². The largest absolute Gasteiger partial charge is 0.294 e. The molecule has 0 saturated heterocycles. The Hall–Kier alpha value is -1.74. The third-order valence-electron chi connectivity index (χ3n) is 2.67. The minimum Gasteiger partial charge on any atom is -0.294 e. The highest BCUT2D eigenvalue weighted by Crippen LogP contribution is 2.19. The first-order valence-electron chi connectivity index (χ1n) is 5.46. The van der Waals surface area contributed by atoms with Crippen molar-refractivity contribution in [2.45, 2.75) is 13.3 Å². The molecule has 1 aromatic heterocycles. The summed E-state index contributed by atoms with van der Waals surface area (Å²) in [6.07, 6.45) is 1.70. The molecule has 1 aromatic carbocycles. The van der Waals surface area contributed by atoms with Crippen molar-refractivity contribution in [2.24, 2.45) is 0 Å². The zero-order chi connectivity index (χ0) is 13.1. The molecule has 4 heteroatoms. The number of aryl methyl sites for hydroxylation is 1. The van der Waals surface area contributed by atoms with Gasteiger partial charge >= 0.3 is 0 Å². The van der Waals surface area contributed by atoms with E-state index in [4.69, 9.17) is 11.6 Å². The molecule has 2 aromatic rings. The molecular weight excluding hydrogens is 253 g/mol. The van der Waals surface area contributed by atoms with Crippen LogP contribution in [0.5, 0.6) is 0 Å². The number of halogens is 2. The van der Waals surface area contributed by atoms with Gasteiger partial charge in [0.25, 0.3) is 0 Å². The number of aromatic nitrogens is 1. The number of ketones is 1. The Labute approximate surface area is 109 Å². The summed E-state index contributed by atoms with van der Waals surface area (Å²) in [5.41, 5.74) is 1.69. The molecule has 0 bridgehead atoms. The van der Waals surface area contributed by atoms with Gasteiger partial charge in [-0.3, -0.25) is 9.78 Å². The van der Waals surface area contributed by atoms with Crippen molar-refractivity contribution in [3.8, 4) is 0 Å².